The Labute approximate surface area is 111 Å². The highest BCUT2D eigenvalue weighted by Crippen LogP contribution is 2.33. The summed E-state index contributed by atoms with van der Waals surface area (Å²) < 4.78 is 0. The molecule has 1 N–H and O–H groups in total. The molecule has 2 fully saturated rings. The third-order valence-electron chi connectivity index (χ3n) is 4.03. The molecule has 100 valence electrons. The van der Waals surface area contributed by atoms with Crippen molar-refractivity contribution in [2.45, 2.75) is 44.6 Å². The van der Waals surface area contributed by atoms with Crippen molar-refractivity contribution in [3.05, 3.63) is 0 Å². The van der Waals surface area contributed by atoms with Gasteiger partial charge in [0, 0.05) is 12.6 Å². The summed E-state index contributed by atoms with van der Waals surface area (Å²) in [5.41, 5.74) is 0. The molecule has 0 aromatic rings. The van der Waals surface area contributed by atoms with Crippen molar-refractivity contribution in [1.29, 1.82) is 0 Å². The van der Waals surface area contributed by atoms with Crippen molar-refractivity contribution >= 4 is 11.8 Å². The standard InChI is InChI=1S/C14H28N2S/c1-17-11-4-2-3-9-16-10-5-8-15-14(12-16)13-6-7-13/h13-15H,2-12H2,1H3. The minimum atomic E-state index is 0.809. The number of nitrogens with zero attached hydrogens (tertiary/aromatic N) is 1. The summed E-state index contributed by atoms with van der Waals surface area (Å²) in [4.78, 5) is 2.71. The highest BCUT2D eigenvalue weighted by Gasteiger charge is 2.32. The van der Waals surface area contributed by atoms with Gasteiger partial charge >= 0.3 is 0 Å². The summed E-state index contributed by atoms with van der Waals surface area (Å²) >= 11 is 1.98. The first kappa shape index (κ1) is 13.7. The third-order valence-corrected chi connectivity index (χ3v) is 4.72. The molecule has 1 heterocycles. The van der Waals surface area contributed by atoms with Gasteiger partial charge in [0.15, 0.2) is 0 Å². The van der Waals surface area contributed by atoms with Crippen molar-refractivity contribution in [3.8, 4) is 0 Å². The molecule has 1 saturated heterocycles. The van der Waals surface area contributed by atoms with E-state index in [4.69, 9.17) is 0 Å². The predicted molar refractivity (Wildman–Crippen MR) is 77.8 cm³/mol. The first-order chi connectivity index (χ1) is 8.40. The summed E-state index contributed by atoms with van der Waals surface area (Å²) in [6.07, 6.45) is 10.7. The van der Waals surface area contributed by atoms with Gasteiger partial charge in [0.05, 0.1) is 0 Å². The van der Waals surface area contributed by atoms with Crippen LogP contribution in [0.25, 0.3) is 0 Å². The number of unbranched alkanes of at least 4 members (excludes halogenated alkanes) is 2. The van der Waals surface area contributed by atoms with Crippen molar-refractivity contribution in [1.82, 2.24) is 10.2 Å². The fourth-order valence-corrected chi connectivity index (χ4v) is 3.29. The molecule has 0 amide bonds. The summed E-state index contributed by atoms with van der Waals surface area (Å²) in [5.74, 6) is 2.35. The lowest BCUT2D eigenvalue weighted by molar-refractivity contribution is 0.253. The molecule has 1 aliphatic carbocycles. The second kappa shape index (κ2) is 7.65. The number of thioether (sulfide) groups is 1. The fourth-order valence-electron chi connectivity index (χ4n) is 2.80. The minimum Gasteiger partial charge on any atom is -0.312 e. The highest BCUT2D eigenvalue weighted by molar-refractivity contribution is 7.98. The van der Waals surface area contributed by atoms with E-state index in [0.717, 1.165) is 12.0 Å². The molecule has 1 aliphatic heterocycles. The monoisotopic (exact) mass is 256 g/mol. The molecule has 1 atom stereocenters. The van der Waals surface area contributed by atoms with E-state index in [9.17, 15) is 0 Å². The van der Waals surface area contributed by atoms with E-state index < -0.39 is 0 Å². The first-order valence-electron chi connectivity index (χ1n) is 7.35. The van der Waals surface area contributed by atoms with E-state index in [-0.39, 0.29) is 0 Å². The topological polar surface area (TPSA) is 15.3 Å². The van der Waals surface area contributed by atoms with E-state index in [2.05, 4.69) is 16.5 Å². The predicted octanol–water partition coefficient (Wildman–Crippen LogP) is 2.59. The second-order valence-electron chi connectivity index (χ2n) is 5.61. The lowest BCUT2D eigenvalue weighted by Gasteiger charge is -2.24. The molecule has 1 saturated carbocycles. The molecule has 0 radical (unpaired) electrons. The van der Waals surface area contributed by atoms with Gasteiger partial charge in [-0.15, -0.1) is 0 Å². The smallest absolute Gasteiger partial charge is 0.0223 e. The van der Waals surface area contributed by atoms with Crippen LogP contribution in [0.4, 0.5) is 0 Å². The van der Waals surface area contributed by atoms with Crippen LogP contribution in [-0.2, 0) is 0 Å². The molecular formula is C14H28N2S. The van der Waals surface area contributed by atoms with E-state index >= 15 is 0 Å². The van der Waals surface area contributed by atoms with Crippen LogP contribution >= 0.6 is 11.8 Å². The van der Waals surface area contributed by atoms with Gasteiger partial charge in [-0.25, -0.2) is 0 Å². The van der Waals surface area contributed by atoms with Crippen LogP contribution in [0.15, 0.2) is 0 Å². The van der Waals surface area contributed by atoms with Gasteiger partial charge in [-0.1, -0.05) is 6.42 Å². The van der Waals surface area contributed by atoms with Crippen molar-refractivity contribution in [2.24, 2.45) is 5.92 Å². The van der Waals surface area contributed by atoms with E-state index in [1.807, 2.05) is 11.8 Å². The van der Waals surface area contributed by atoms with Gasteiger partial charge in [-0.05, 0) is 69.7 Å². The maximum Gasteiger partial charge on any atom is 0.0223 e. The number of hydrogen-bond donors (Lipinski definition) is 1. The van der Waals surface area contributed by atoms with Crippen molar-refractivity contribution in [2.75, 3.05) is 38.2 Å². The molecule has 2 aliphatic rings. The van der Waals surface area contributed by atoms with Crippen LogP contribution in [0.1, 0.15) is 38.5 Å². The Kier molecular flexibility index (Phi) is 6.16. The van der Waals surface area contributed by atoms with Gasteiger partial charge < -0.3 is 10.2 Å². The van der Waals surface area contributed by atoms with E-state index in [0.29, 0.717) is 0 Å². The number of hydrogen-bond acceptors (Lipinski definition) is 3. The summed E-state index contributed by atoms with van der Waals surface area (Å²) in [7, 11) is 0. The molecule has 0 aromatic carbocycles. The van der Waals surface area contributed by atoms with Gasteiger partial charge in [-0.2, -0.15) is 11.8 Å². The van der Waals surface area contributed by atoms with Crippen LogP contribution in [-0.4, -0.2) is 49.1 Å². The van der Waals surface area contributed by atoms with Crippen LogP contribution in [0.2, 0.25) is 0 Å². The molecule has 0 bridgehead atoms. The quantitative estimate of drug-likeness (QED) is 0.705. The Morgan fingerprint density at radius 3 is 2.88 bits per heavy atom. The summed E-state index contributed by atoms with van der Waals surface area (Å²) in [5, 5.41) is 3.74. The zero-order valence-electron chi connectivity index (χ0n) is 11.3. The maximum atomic E-state index is 3.74. The van der Waals surface area contributed by atoms with Crippen molar-refractivity contribution < 1.29 is 0 Å². The average molecular weight is 256 g/mol. The first-order valence-corrected chi connectivity index (χ1v) is 8.74. The second-order valence-corrected chi connectivity index (χ2v) is 6.59. The Morgan fingerprint density at radius 2 is 2.12 bits per heavy atom. The van der Waals surface area contributed by atoms with Gasteiger partial charge in [0.1, 0.15) is 0 Å². The molecule has 17 heavy (non-hydrogen) atoms. The zero-order valence-corrected chi connectivity index (χ0v) is 12.1. The molecule has 2 rings (SSSR count). The van der Waals surface area contributed by atoms with Gasteiger partial charge in [-0.3, -0.25) is 0 Å². The Morgan fingerprint density at radius 1 is 1.24 bits per heavy atom. The Bertz CT molecular complexity index is 206. The SMILES string of the molecule is CSCCCCCN1CCCNC(C2CC2)C1. The Balaban J connectivity index is 1.60. The summed E-state index contributed by atoms with van der Waals surface area (Å²) in [6.45, 7) is 5.20. The molecule has 0 aromatic heterocycles. The lowest BCUT2D eigenvalue weighted by atomic mass is 10.1. The van der Waals surface area contributed by atoms with E-state index in [1.165, 1.54) is 70.5 Å². The zero-order chi connectivity index (χ0) is 11.9. The van der Waals surface area contributed by atoms with Crippen LogP contribution in [0, 0.1) is 5.92 Å². The normalized spacial score (nSPS) is 27.0. The van der Waals surface area contributed by atoms with Crippen LogP contribution in [0.3, 0.4) is 0 Å². The maximum absolute atomic E-state index is 3.74. The molecule has 1 unspecified atom stereocenters. The fraction of sp³-hybridized carbons (Fsp3) is 1.00. The third kappa shape index (κ3) is 5.19. The van der Waals surface area contributed by atoms with Gasteiger partial charge in [0.25, 0.3) is 0 Å². The average Bonchev–Trinajstić information content (AvgIpc) is 3.15. The highest BCUT2D eigenvalue weighted by atomic mass is 32.2. The minimum absolute atomic E-state index is 0.809. The number of rotatable bonds is 7. The van der Waals surface area contributed by atoms with Gasteiger partial charge in [0.2, 0.25) is 0 Å². The molecular weight excluding hydrogens is 228 g/mol. The number of nitrogens with one attached hydrogen (secondary N) is 1. The van der Waals surface area contributed by atoms with Crippen molar-refractivity contribution in [3.63, 3.8) is 0 Å². The Hall–Kier alpha value is 0.270. The van der Waals surface area contributed by atoms with Crippen LogP contribution < -0.4 is 5.32 Å². The molecule has 3 heteroatoms. The molecule has 2 nitrogen and oxygen atoms in total. The largest absolute Gasteiger partial charge is 0.312 e. The van der Waals surface area contributed by atoms with E-state index in [1.54, 1.807) is 0 Å². The molecule has 0 spiro atoms. The lowest BCUT2D eigenvalue weighted by Crippen LogP contribution is -2.39. The van der Waals surface area contributed by atoms with Crippen LogP contribution in [0.5, 0.6) is 0 Å². The summed E-state index contributed by atoms with van der Waals surface area (Å²) in [6, 6.07) is 0.809.